The molecule has 2 aromatic rings. The molecule has 4 heteroatoms. The Morgan fingerprint density at radius 3 is 2.95 bits per heavy atom. The molecule has 2 heterocycles. The van der Waals surface area contributed by atoms with Gasteiger partial charge in [0.25, 0.3) is 0 Å². The Morgan fingerprint density at radius 2 is 2.23 bits per heavy atom. The molecule has 0 amide bonds. The number of rotatable bonds is 7. The second kappa shape index (κ2) is 8.20. The number of allylic oxidation sites excluding steroid dienone is 5. The van der Waals surface area contributed by atoms with Crippen LogP contribution in [0.2, 0.25) is 0 Å². The average molecular weight is 331 g/mol. The van der Waals surface area contributed by atoms with Gasteiger partial charge in [0.1, 0.15) is 4.83 Å². The molecule has 2 N–H and O–H groups in total. The molecule has 0 fully saturated rings. The van der Waals surface area contributed by atoms with Crippen molar-refractivity contribution in [3.05, 3.63) is 48.7 Å². The molecule has 0 aliphatic heterocycles. The first-order chi connectivity index (χ1) is 10.7. The summed E-state index contributed by atoms with van der Waals surface area (Å²) in [5.41, 5.74) is 8.93. The molecule has 116 valence electrons. The lowest BCUT2D eigenvalue weighted by molar-refractivity contribution is 0.897. The smallest absolute Gasteiger partial charge is 0.127 e. The quantitative estimate of drug-likeness (QED) is 0.389. The molecule has 0 aromatic carbocycles. The van der Waals surface area contributed by atoms with E-state index < -0.39 is 0 Å². The second-order valence-electron chi connectivity index (χ2n) is 4.96. The molecule has 0 spiro atoms. The molecule has 0 saturated heterocycles. The Kier molecular flexibility index (Phi) is 6.28. The average Bonchev–Trinajstić information content (AvgIpc) is 2.83. The monoisotopic (exact) mass is 330 g/mol. The number of hydrogen-bond donors (Lipinski definition) is 1. The minimum atomic E-state index is 0.871. The van der Waals surface area contributed by atoms with E-state index in [1.54, 1.807) is 11.3 Å². The third-order valence-corrected chi connectivity index (χ3v) is 5.71. The highest BCUT2D eigenvalue weighted by Gasteiger charge is 2.11. The van der Waals surface area contributed by atoms with Crippen LogP contribution >= 0.6 is 23.1 Å². The number of hydrogen-bond acceptors (Lipinski definition) is 4. The summed E-state index contributed by atoms with van der Waals surface area (Å²) >= 11 is 3.52. The Morgan fingerprint density at radius 1 is 1.41 bits per heavy atom. The van der Waals surface area contributed by atoms with Gasteiger partial charge in [0.05, 0.1) is 15.6 Å². The molecular formula is C18H22N2S2. The highest BCUT2D eigenvalue weighted by atomic mass is 32.2. The van der Waals surface area contributed by atoms with E-state index in [4.69, 9.17) is 10.7 Å². The number of aromatic nitrogens is 1. The molecule has 22 heavy (non-hydrogen) atoms. The van der Waals surface area contributed by atoms with Gasteiger partial charge in [-0.25, -0.2) is 4.98 Å². The first kappa shape index (κ1) is 16.8. The number of nitrogens with zero attached hydrogens (tertiary/aromatic N) is 1. The fraction of sp³-hybridized carbons (Fsp3) is 0.278. The number of anilines is 1. The zero-order chi connectivity index (χ0) is 15.9. The van der Waals surface area contributed by atoms with Crippen LogP contribution in [0.25, 0.3) is 15.8 Å². The Bertz CT molecular complexity index is 711. The van der Waals surface area contributed by atoms with Crippen molar-refractivity contribution >= 4 is 44.6 Å². The van der Waals surface area contributed by atoms with Crippen molar-refractivity contribution in [2.45, 2.75) is 30.9 Å². The molecule has 0 bridgehead atoms. The van der Waals surface area contributed by atoms with Crippen LogP contribution in [0.15, 0.2) is 47.2 Å². The first-order valence-electron chi connectivity index (χ1n) is 7.47. The zero-order valence-corrected chi connectivity index (χ0v) is 14.8. The van der Waals surface area contributed by atoms with Gasteiger partial charge in [-0.3, -0.25) is 0 Å². The third kappa shape index (κ3) is 4.02. The maximum absolute atomic E-state index is 6.25. The summed E-state index contributed by atoms with van der Waals surface area (Å²) in [6.07, 6.45) is 10.3. The van der Waals surface area contributed by atoms with Crippen LogP contribution in [-0.4, -0.2) is 10.7 Å². The van der Waals surface area contributed by atoms with Crippen LogP contribution in [-0.2, 0) is 0 Å². The van der Waals surface area contributed by atoms with Crippen LogP contribution in [0.1, 0.15) is 32.4 Å². The van der Waals surface area contributed by atoms with Gasteiger partial charge in [-0.05, 0) is 36.8 Å². The zero-order valence-electron chi connectivity index (χ0n) is 13.1. The van der Waals surface area contributed by atoms with Gasteiger partial charge in [0, 0.05) is 5.39 Å². The van der Waals surface area contributed by atoms with Crippen LogP contribution in [0, 0.1) is 0 Å². The van der Waals surface area contributed by atoms with E-state index in [0.717, 1.165) is 32.9 Å². The van der Waals surface area contributed by atoms with E-state index >= 15 is 0 Å². The van der Waals surface area contributed by atoms with Crippen molar-refractivity contribution in [1.82, 2.24) is 4.98 Å². The number of nitrogens with two attached hydrogens (primary N) is 1. The van der Waals surface area contributed by atoms with Gasteiger partial charge in [0.15, 0.2) is 0 Å². The third-order valence-electron chi connectivity index (χ3n) is 3.22. The number of thiophene rings is 1. The van der Waals surface area contributed by atoms with E-state index in [0.29, 0.717) is 0 Å². The number of thioether (sulfide) groups is 1. The normalized spacial score (nSPS) is 11.9. The maximum Gasteiger partial charge on any atom is 0.127 e. The van der Waals surface area contributed by atoms with E-state index in [9.17, 15) is 0 Å². The van der Waals surface area contributed by atoms with E-state index in [-0.39, 0.29) is 0 Å². The van der Waals surface area contributed by atoms with Crippen molar-refractivity contribution in [3.63, 3.8) is 0 Å². The first-order valence-corrected chi connectivity index (χ1v) is 9.28. The lowest BCUT2D eigenvalue weighted by Crippen LogP contribution is -1.87. The molecule has 0 atom stereocenters. The fourth-order valence-corrected chi connectivity index (χ4v) is 4.37. The lowest BCUT2D eigenvalue weighted by Gasteiger charge is -2.00. The Labute approximate surface area is 140 Å². The van der Waals surface area contributed by atoms with Crippen LogP contribution in [0.4, 0.5) is 5.69 Å². The van der Waals surface area contributed by atoms with Crippen molar-refractivity contribution in [1.29, 1.82) is 0 Å². The van der Waals surface area contributed by atoms with Gasteiger partial charge in [-0.2, -0.15) is 0 Å². The summed E-state index contributed by atoms with van der Waals surface area (Å²) in [4.78, 5) is 5.71. The van der Waals surface area contributed by atoms with Crippen molar-refractivity contribution in [2.24, 2.45) is 0 Å². The molecule has 0 radical (unpaired) electrons. The summed E-state index contributed by atoms with van der Waals surface area (Å²) in [5.74, 6) is 1.11. The molecule has 2 nitrogen and oxygen atoms in total. The van der Waals surface area contributed by atoms with Gasteiger partial charge in [-0.15, -0.1) is 23.1 Å². The van der Waals surface area contributed by atoms with E-state index in [2.05, 4.69) is 19.6 Å². The van der Waals surface area contributed by atoms with Crippen LogP contribution < -0.4 is 5.73 Å². The minimum absolute atomic E-state index is 0.871. The summed E-state index contributed by atoms with van der Waals surface area (Å²) in [6, 6.07) is 4.05. The van der Waals surface area contributed by atoms with Gasteiger partial charge < -0.3 is 5.73 Å². The molecular weight excluding hydrogens is 308 g/mol. The Hall–Kier alpha value is -1.52. The fourth-order valence-electron chi connectivity index (χ4n) is 1.94. The molecule has 0 saturated carbocycles. The molecule has 2 aromatic heterocycles. The SMILES string of the molecule is C=C(/C=C\C=C/C)c1ccc2c(N)c(SCCCC)sc2n1. The second-order valence-corrected chi connectivity index (χ2v) is 7.33. The number of nitrogen functional groups attached to an aromatic ring is 1. The maximum atomic E-state index is 6.25. The van der Waals surface area contributed by atoms with E-state index in [1.165, 1.54) is 17.1 Å². The van der Waals surface area contributed by atoms with Crippen molar-refractivity contribution in [2.75, 3.05) is 11.5 Å². The van der Waals surface area contributed by atoms with Gasteiger partial charge >= 0.3 is 0 Å². The summed E-state index contributed by atoms with van der Waals surface area (Å²) in [6.45, 7) is 8.27. The minimum Gasteiger partial charge on any atom is -0.397 e. The van der Waals surface area contributed by atoms with Crippen molar-refractivity contribution < 1.29 is 0 Å². The van der Waals surface area contributed by atoms with Crippen LogP contribution in [0.5, 0.6) is 0 Å². The largest absolute Gasteiger partial charge is 0.397 e. The van der Waals surface area contributed by atoms with Gasteiger partial charge in [0.2, 0.25) is 0 Å². The molecule has 0 aliphatic rings. The topological polar surface area (TPSA) is 38.9 Å². The Balaban J connectivity index is 2.25. The molecule has 0 aliphatic carbocycles. The van der Waals surface area contributed by atoms with Crippen molar-refractivity contribution in [3.8, 4) is 0 Å². The summed E-state index contributed by atoms with van der Waals surface area (Å²) in [5, 5.41) is 1.05. The molecule has 2 rings (SSSR count). The standard InChI is InChI=1S/C18H22N2S2/c1-4-6-8-9-13(3)15-11-10-14-16(19)18(21-12-7-5-2)22-17(14)20-15/h4,6,8-11H,3,5,7,12,19H2,1-2H3/b6-4-,9-8-. The summed E-state index contributed by atoms with van der Waals surface area (Å²) < 4.78 is 1.18. The number of unbranched alkanes of at least 4 members (excludes halogenated alkanes) is 1. The predicted octanol–water partition coefficient (Wildman–Crippen LogP) is 5.92. The number of fused-ring (bicyclic) bond motifs is 1. The highest BCUT2D eigenvalue weighted by molar-refractivity contribution is 8.01. The lowest BCUT2D eigenvalue weighted by atomic mass is 10.1. The molecule has 0 unspecified atom stereocenters. The van der Waals surface area contributed by atoms with E-state index in [1.807, 2.05) is 49.1 Å². The predicted molar refractivity (Wildman–Crippen MR) is 103 cm³/mol. The van der Waals surface area contributed by atoms with Crippen LogP contribution in [0.3, 0.4) is 0 Å². The number of pyridine rings is 1. The van der Waals surface area contributed by atoms with Gasteiger partial charge in [-0.1, -0.05) is 44.2 Å². The highest BCUT2D eigenvalue weighted by Crippen LogP contribution is 2.40. The summed E-state index contributed by atoms with van der Waals surface area (Å²) in [7, 11) is 0.